The Morgan fingerprint density at radius 2 is 2.47 bits per heavy atom. The van der Waals surface area contributed by atoms with Gasteiger partial charge in [-0.2, -0.15) is 0 Å². The van der Waals surface area contributed by atoms with Gasteiger partial charge in [-0.25, -0.2) is 0 Å². The van der Waals surface area contributed by atoms with E-state index in [0.717, 1.165) is 28.3 Å². The van der Waals surface area contributed by atoms with E-state index in [1.807, 2.05) is 17.0 Å². The number of hydrogen-bond donors (Lipinski definition) is 1. The molecular weight excluding hydrogens is 276 g/mol. The molecule has 1 saturated heterocycles. The molecule has 2 rings (SSSR count). The summed E-state index contributed by atoms with van der Waals surface area (Å²) in [5, 5.41) is 3.32. The summed E-state index contributed by atoms with van der Waals surface area (Å²) in [5.41, 5.74) is 0. The monoisotopic (exact) mass is 288 g/mol. The minimum Gasteiger partial charge on any atom is -0.335 e. The van der Waals surface area contributed by atoms with Crippen molar-refractivity contribution in [1.29, 1.82) is 0 Å². The van der Waals surface area contributed by atoms with Gasteiger partial charge >= 0.3 is 0 Å². The Balaban J connectivity index is 2.07. The Labute approximate surface area is 102 Å². The molecule has 1 fully saturated rings. The van der Waals surface area contributed by atoms with E-state index in [9.17, 15) is 4.79 Å². The van der Waals surface area contributed by atoms with Gasteiger partial charge in [-0.15, -0.1) is 11.3 Å². The number of carbonyl (C=O) groups is 1. The molecule has 1 N–H and O–H groups in total. The van der Waals surface area contributed by atoms with E-state index in [2.05, 4.69) is 28.2 Å². The summed E-state index contributed by atoms with van der Waals surface area (Å²) in [6.07, 6.45) is 0. The standard InChI is InChI=1S/C10H13BrN2OS/c1-7-6-13(5-4-12-7)10(14)8-2-3-9(11)15-8/h2-3,7,12H,4-6H2,1H3/t7-/m1/s1. The molecule has 0 bridgehead atoms. The molecule has 0 radical (unpaired) electrons. The van der Waals surface area contributed by atoms with E-state index in [1.54, 1.807) is 0 Å². The molecule has 2 heterocycles. The van der Waals surface area contributed by atoms with Crippen molar-refractivity contribution in [2.75, 3.05) is 19.6 Å². The Kier molecular flexibility index (Phi) is 3.43. The van der Waals surface area contributed by atoms with Crippen LogP contribution in [0, 0.1) is 0 Å². The fraction of sp³-hybridized carbons (Fsp3) is 0.500. The SMILES string of the molecule is C[C@@H]1CN(C(=O)c2ccc(Br)s2)CCN1. The van der Waals surface area contributed by atoms with Gasteiger partial charge < -0.3 is 10.2 Å². The fourth-order valence-electron chi connectivity index (χ4n) is 1.70. The van der Waals surface area contributed by atoms with Crippen molar-refractivity contribution in [3.8, 4) is 0 Å². The number of carbonyl (C=O) groups excluding carboxylic acids is 1. The third kappa shape index (κ3) is 2.59. The van der Waals surface area contributed by atoms with Crippen molar-refractivity contribution in [2.45, 2.75) is 13.0 Å². The predicted molar refractivity (Wildman–Crippen MR) is 65.4 cm³/mol. The lowest BCUT2D eigenvalue weighted by Gasteiger charge is -2.31. The van der Waals surface area contributed by atoms with Crippen LogP contribution in [0.5, 0.6) is 0 Å². The van der Waals surface area contributed by atoms with Crippen LogP contribution < -0.4 is 5.32 Å². The summed E-state index contributed by atoms with van der Waals surface area (Å²) >= 11 is 4.87. The zero-order chi connectivity index (χ0) is 10.8. The first-order valence-electron chi connectivity index (χ1n) is 4.95. The van der Waals surface area contributed by atoms with E-state index in [1.165, 1.54) is 11.3 Å². The number of nitrogens with one attached hydrogen (secondary N) is 1. The smallest absolute Gasteiger partial charge is 0.264 e. The summed E-state index contributed by atoms with van der Waals surface area (Å²) < 4.78 is 1.01. The molecular formula is C10H13BrN2OS. The van der Waals surface area contributed by atoms with Crippen LogP contribution in [-0.4, -0.2) is 36.5 Å². The number of piperazine rings is 1. The highest BCUT2D eigenvalue weighted by atomic mass is 79.9. The number of rotatable bonds is 1. The average molecular weight is 289 g/mol. The van der Waals surface area contributed by atoms with Crippen LogP contribution in [0.1, 0.15) is 16.6 Å². The van der Waals surface area contributed by atoms with E-state index in [0.29, 0.717) is 6.04 Å². The lowest BCUT2D eigenvalue weighted by Crippen LogP contribution is -2.51. The molecule has 1 aromatic rings. The van der Waals surface area contributed by atoms with Gasteiger partial charge in [0.15, 0.2) is 0 Å². The van der Waals surface area contributed by atoms with Gasteiger partial charge in [-0.05, 0) is 35.0 Å². The Bertz CT molecular complexity index is 366. The van der Waals surface area contributed by atoms with Crippen LogP contribution in [0.3, 0.4) is 0 Å². The predicted octanol–water partition coefficient (Wildman–Crippen LogP) is 1.94. The largest absolute Gasteiger partial charge is 0.335 e. The lowest BCUT2D eigenvalue weighted by atomic mass is 10.2. The van der Waals surface area contributed by atoms with Crippen molar-refractivity contribution in [2.24, 2.45) is 0 Å². The molecule has 0 aliphatic carbocycles. The maximum absolute atomic E-state index is 12.0. The van der Waals surface area contributed by atoms with Gasteiger partial charge in [0.2, 0.25) is 0 Å². The minimum absolute atomic E-state index is 0.152. The first-order chi connectivity index (χ1) is 7.16. The summed E-state index contributed by atoms with van der Waals surface area (Å²) in [5.74, 6) is 0.152. The molecule has 1 amide bonds. The normalized spacial score (nSPS) is 21.7. The van der Waals surface area contributed by atoms with E-state index >= 15 is 0 Å². The van der Waals surface area contributed by atoms with Gasteiger partial charge in [0, 0.05) is 25.7 Å². The Morgan fingerprint density at radius 1 is 1.67 bits per heavy atom. The molecule has 0 aromatic carbocycles. The summed E-state index contributed by atoms with van der Waals surface area (Å²) in [6, 6.07) is 4.19. The van der Waals surface area contributed by atoms with E-state index in [-0.39, 0.29) is 5.91 Å². The molecule has 1 aromatic heterocycles. The van der Waals surface area contributed by atoms with Crippen LogP contribution >= 0.6 is 27.3 Å². The van der Waals surface area contributed by atoms with Crippen molar-refractivity contribution in [3.63, 3.8) is 0 Å². The first-order valence-corrected chi connectivity index (χ1v) is 6.56. The number of amides is 1. The van der Waals surface area contributed by atoms with Crippen LogP contribution in [-0.2, 0) is 0 Å². The van der Waals surface area contributed by atoms with Gasteiger partial charge in [0.05, 0.1) is 8.66 Å². The Morgan fingerprint density at radius 3 is 3.07 bits per heavy atom. The molecule has 0 spiro atoms. The van der Waals surface area contributed by atoms with E-state index < -0.39 is 0 Å². The molecule has 0 saturated carbocycles. The van der Waals surface area contributed by atoms with Crippen LogP contribution in [0.15, 0.2) is 15.9 Å². The lowest BCUT2D eigenvalue weighted by molar-refractivity contribution is 0.0714. The highest BCUT2D eigenvalue weighted by Crippen LogP contribution is 2.23. The zero-order valence-electron chi connectivity index (χ0n) is 8.50. The van der Waals surface area contributed by atoms with Gasteiger partial charge in [-0.3, -0.25) is 4.79 Å². The van der Waals surface area contributed by atoms with Crippen molar-refractivity contribution < 1.29 is 4.79 Å². The number of halogens is 1. The second-order valence-corrected chi connectivity index (χ2v) is 6.17. The fourth-order valence-corrected chi connectivity index (χ4v) is 3.06. The number of thiophene rings is 1. The highest BCUT2D eigenvalue weighted by molar-refractivity contribution is 9.11. The van der Waals surface area contributed by atoms with Crippen LogP contribution in [0.4, 0.5) is 0 Å². The molecule has 1 atom stereocenters. The molecule has 82 valence electrons. The van der Waals surface area contributed by atoms with Gasteiger partial charge in [0.25, 0.3) is 5.91 Å². The number of hydrogen-bond acceptors (Lipinski definition) is 3. The summed E-state index contributed by atoms with van der Waals surface area (Å²) in [6.45, 7) is 4.59. The first kappa shape index (κ1) is 11.1. The molecule has 1 aliphatic heterocycles. The number of nitrogens with zero attached hydrogens (tertiary/aromatic N) is 1. The average Bonchev–Trinajstić information content (AvgIpc) is 2.64. The molecule has 5 heteroatoms. The van der Waals surface area contributed by atoms with Crippen molar-refractivity contribution in [3.05, 3.63) is 20.8 Å². The van der Waals surface area contributed by atoms with Crippen molar-refractivity contribution in [1.82, 2.24) is 10.2 Å². The maximum atomic E-state index is 12.0. The van der Waals surface area contributed by atoms with Gasteiger partial charge in [0.1, 0.15) is 0 Å². The third-order valence-electron chi connectivity index (χ3n) is 2.44. The second kappa shape index (κ2) is 4.63. The zero-order valence-corrected chi connectivity index (χ0v) is 10.9. The maximum Gasteiger partial charge on any atom is 0.264 e. The molecule has 3 nitrogen and oxygen atoms in total. The summed E-state index contributed by atoms with van der Waals surface area (Å²) in [4.78, 5) is 14.8. The molecule has 1 aliphatic rings. The van der Waals surface area contributed by atoms with Gasteiger partial charge in [-0.1, -0.05) is 0 Å². The quantitative estimate of drug-likeness (QED) is 0.857. The highest BCUT2D eigenvalue weighted by Gasteiger charge is 2.22. The Hall–Kier alpha value is -0.390. The summed E-state index contributed by atoms with van der Waals surface area (Å²) in [7, 11) is 0. The molecule has 15 heavy (non-hydrogen) atoms. The van der Waals surface area contributed by atoms with Crippen LogP contribution in [0.2, 0.25) is 0 Å². The van der Waals surface area contributed by atoms with Crippen molar-refractivity contribution >= 4 is 33.2 Å². The molecule has 0 unspecified atom stereocenters. The van der Waals surface area contributed by atoms with Crippen LogP contribution in [0.25, 0.3) is 0 Å². The minimum atomic E-state index is 0.152. The third-order valence-corrected chi connectivity index (χ3v) is 4.05. The van der Waals surface area contributed by atoms with E-state index in [4.69, 9.17) is 0 Å². The second-order valence-electron chi connectivity index (χ2n) is 3.71. The topological polar surface area (TPSA) is 32.3 Å².